The Labute approximate surface area is 188 Å². The van der Waals surface area contributed by atoms with Crippen LogP contribution in [-0.2, 0) is 4.79 Å². The number of carbonyl (C=O) groups is 3. The highest BCUT2D eigenvalue weighted by Crippen LogP contribution is 2.36. The van der Waals surface area contributed by atoms with Gasteiger partial charge in [0.2, 0.25) is 5.91 Å². The predicted octanol–water partition coefficient (Wildman–Crippen LogP) is 2.45. The molecule has 0 aliphatic rings. The molecule has 2 aromatic carbocycles. The van der Waals surface area contributed by atoms with E-state index in [0.717, 1.165) is 0 Å². The molecule has 3 amide bonds. The van der Waals surface area contributed by atoms with Crippen LogP contribution in [0.1, 0.15) is 34.1 Å². The normalized spacial score (nSPS) is 10.1. The summed E-state index contributed by atoms with van der Waals surface area (Å²) in [6, 6.07) is 9.83. The molecule has 0 bridgehead atoms. The van der Waals surface area contributed by atoms with Gasteiger partial charge in [-0.1, -0.05) is 12.1 Å². The number of hydrazine groups is 1. The van der Waals surface area contributed by atoms with E-state index >= 15 is 0 Å². The second-order valence-electron chi connectivity index (χ2n) is 6.13. The largest absolute Gasteiger partial charge is 0.496 e. The van der Waals surface area contributed by atoms with Gasteiger partial charge in [-0.25, -0.2) is 0 Å². The highest BCUT2D eigenvalue weighted by Gasteiger charge is 2.16. The van der Waals surface area contributed by atoms with Gasteiger partial charge in [0, 0.05) is 18.5 Å². The van der Waals surface area contributed by atoms with Gasteiger partial charge in [-0.2, -0.15) is 0 Å². The lowest BCUT2D eigenvalue weighted by Crippen LogP contribution is -2.42. The van der Waals surface area contributed by atoms with Gasteiger partial charge in [0.1, 0.15) is 5.75 Å². The second-order valence-corrected chi connectivity index (χ2v) is 6.99. The lowest BCUT2D eigenvalue weighted by atomic mass is 10.2. The number of rotatable bonds is 9. The molecule has 166 valence electrons. The number of hydrogen-bond donors (Lipinski definition) is 3. The van der Waals surface area contributed by atoms with Crippen LogP contribution in [0.5, 0.6) is 17.2 Å². The summed E-state index contributed by atoms with van der Waals surface area (Å²) in [5, 5.41) is 2.64. The average Bonchev–Trinajstić information content (AvgIpc) is 2.78. The summed E-state index contributed by atoms with van der Waals surface area (Å²) in [6.45, 7) is 2.35. The first-order chi connectivity index (χ1) is 14.9. The van der Waals surface area contributed by atoms with Gasteiger partial charge in [0.25, 0.3) is 11.8 Å². The SMILES string of the molecule is CCOc1c(Br)cc(C(=O)NNC(=O)CCNC(=O)c2ccccc2OC)cc1OC. The molecule has 0 aromatic heterocycles. The molecule has 0 saturated heterocycles. The Kier molecular flexibility index (Phi) is 9.13. The molecule has 9 nitrogen and oxygen atoms in total. The minimum absolute atomic E-state index is 0.0303. The monoisotopic (exact) mass is 493 g/mol. The van der Waals surface area contributed by atoms with Gasteiger partial charge in [-0.15, -0.1) is 0 Å². The number of hydrogen-bond acceptors (Lipinski definition) is 6. The number of para-hydroxylation sites is 1. The first-order valence-electron chi connectivity index (χ1n) is 9.42. The third-order valence-electron chi connectivity index (χ3n) is 4.08. The maximum Gasteiger partial charge on any atom is 0.269 e. The van der Waals surface area contributed by atoms with Crippen molar-refractivity contribution in [1.29, 1.82) is 0 Å². The number of nitrogens with one attached hydrogen (secondary N) is 3. The highest BCUT2D eigenvalue weighted by molar-refractivity contribution is 9.10. The molecule has 3 N–H and O–H groups in total. The summed E-state index contributed by atoms with van der Waals surface area (Å²) in [7, 11) is 2.94. The summed E-state index contributed by atoms with van der Waals surface area (Å²) < 4.78 is 16.4. The second kappa shape index (κ2) is 11.8. The van der Waals surface area contributed by atoms with Crippen molar-refractivity contribution < 1.29 is 28.6 Å². The van der Waals surface area contributed by atoms with Crippen molar-refractivity contribution in [3.8, 4) is 17.2 Å². The Morgan fingerprint density at radius 3 is 2.35 bits per heavy atom. The van der Waals surface area contributed by atoms with E-state index in [1.165, 1.54) is 20.3 Å². The van der Waals surface area contributed by atoms with Gasteiger partial charge in [-0.05, 0) is 47.1 Å². The van der Waals surface area contributed by atoms with Crippen LogP contribution in [0.3, 0.4) is 0 Å². The van der Waals surface area contributed by atoms with Crippen molar-refractivity contribution in [3.05, 3.63) is 52.0 Å². The molecular weight excluding hydrogens is 470 g/mol. The first-order valence-corrected chi connectivity index (χ1v) is 10.2. The van der Waals surface area contributed by atoms with Crippen molar-refractivity contribution in [2.75, 3.05) is 27.4 Å². The van der Waals surface area contributed by atoms with Crippen LogP contribution in [0.15, 0.2) is 40.9 Å². The van der Waals surface area contributed by atoms with E-state index in [1.807, 2.05) is 6.92 Å². The number of ether oxygens (including phenoxy) is 3. The van der Waals surface area contributed by atoms with Crippen LogP contribution in [0.4, 0.5) is 0 Å². The number of methoxy groups -OCH3 is 2. The molecule has 0 aliphatic carbocycles. The molecule has 10 heteroatoms. The highest BCUT2D eigenvalue weighted by atomic mass is 79.9. The molecule has 0 unspecified atom stereocenters. The molecule has 2 aromatic rings. The minimum atomic E-state index is -0.534. The van der Waals surface area contributed by atoms with Crippen molar-refractivity contribution in [1.82, 2.24) is 16.2 Å². The third kappa shape index (κ3) is 6.61. The first kappa shape index (κ1) is 24.0. The van der Waals surface area contributed by atoms with Crippen LogP contribution in [0.2, 0.25) is 0 Å². The van der Waals surface area contributed by atoms with Crippen molar-refractivity contribution in [3.63, 3.8) is 0 Å². The maximum absolute atomic E-state index is 12.3. The van der Waals surface area contributed by atoms with Crippen LogP contribution in [-0.4, -0.2) is 45.1 Å². The van der Waals surface area contributed by atoms with E-state index in [-0.39, 0.29) is 24.4 Å². The maximum atomic E-state index is 12.3. The molecule has 0 fully saturated rings. The van der Waals surface area contributed by atoms with Gasteiger partial charge in [0.15, 0.2) is 11.5 Å². The van der Waals surface area contributed by atoms with Crippen LogP contribution >= 0.6 is 15.9 Å². The summed E-state index contributed by atoms with van der Waals surface area (Å²) in [4.78, 5) is 36.5. The fraction of sp³-hybridized carbons (Fsp3) is 0.286. The van der Waals surface area contributed by atoms with Crippen molar-refractivity contribution in [2.45, 2.75) is 13.3 Å². The smallest absolute Gasteiger partial charge is 0.269 e. The quantitative estimate of drug-likeness (QED) is 0.462. The Hall–Kier alpha value is -3.27. The van der Waals surface area contributed by atoms with Crippen molar-refractivity contribution >= 4 is 33.7 Å². The van der Waals surface area contributed by atoms with E-state index in [1.54, 1.807) is 30.3 Å². The van der Waals surface area contributed by atoms with E-state index in [4.69, 9.17) is 14.2 Å². The van der Waals surface area contributed by atoms with Crippen LogP contribution in [0, 0.1) is 0 Å². The van der Waals surface area contributed by atoms with Gasteiger partial charge in [-0.3, -0.25) is 25.2 Å². The molecule has 31 heavy (non-hydrogen) atoms. The van der Waals surface area contributed by atoms with Gasteiger partial charge >= 0.3 is 0 Å². The standard InChI is InChI=1S/C21H24BrN3O6/c1-4-31-19-15(22)11-13(12-17(19)30-3)20(27)25-24-18(26)9-10-23-21(28)14-7-5-6-8-16(14)29-2/h5-8,11-12H,4,9-10H2,1-3H3,(H,23,28)(H,24,26)(H,25,27). The molecule has 0 radical (unpaired) electrons. The zero-order valence-corrected chi connectivity index (χ0v) is 19.0. The molecule has 0 heterocycles. The van der Waals surface area contributed by atoms with Crippen LogP contribution < -0.4 is 30.4 Å². The van der Waals surface area contributed by atoms with E-state index < -0.39 is 11.8 Å². The fourth-order valence-corrected chi connectivity index (χ4v) is 3.17. The molecule has 0 aliphatic heterocycles. The lowest BCUT2D eigenvalue weighted by Gasteiger charge is -2.14. The summed E-state index contributed by atoms with van der Waals surface area (Å²) >= 11 is 3.34. The van der Waals surface area contributed by atoms with Gasteiger partial charge < -0.3 is 19.5 Å². The van der Waals surface area contributed by atoms with Gasteiger partial charge in [0.05, 0.1) is 30.9 Å². The third-order valence-corrected chi connectivity index (χ3v) is 4.67. The van der Waals surface area contributed by atoms with Crippen LogP contribution in [0.25, 0.3) is 0 Å². The zero-order valence-electron chi connectivity index (χ0n) is 17.4. The minimum Gasteiger partial charge on any atom is -0.496 e. The van der Waals surface area contributed by atoms with Crippen molar-refractivity contribution in [2.24, 2.45) is 0 Å². The number of halogens is 1. The molecule has 0 saturated carbocycles. The fourth-order valence-electron chi connectivity index (χ4n) is 2.61. The molecule has 2 rings (SSSR count). The Bertz CT molecular complexity index is 951. The summed E-state index contributed by atoms with van der Waals surface area (Å²) in [6.07, 6.45) is -0.0303. The summed E-state index contributed by atoms with van der Waals surface area (Å²) in [5.74, 6) is -0.0588. The molecule has 0 spiro atoms. The number of carbonyl (C=O) groups excluding carboxylic acids is 3. The predicted molar refractivity (Wildman–Crippen MR) is 117 cm³/mol. The lowest BCUT2D eigenvalue weighted by molar-refractivity contribution is -0.121. The van der Waals surface area contributed by atoms with E-state index in [9.17, 15) is 14.4 Å². The molecule has 0 atom stereocenters. The Balaban J connectivity index is 1.85. The Morgan fingerprint density at radius 1 is 0.968 bits per heavy atom. The topological polar surface area (TPSA) is 115 Å². The zero-order chi connectivity index (χ0) is 22.8. The number of amides is 3. The molecular formula is C21H24BrN3O6. The number of benzene rings is 2. The van der Waals surface area contributed by atoms with E-state index in [2.05, 4.69) is 32.1 Å². The van der Waals surface area contributed by atoms with E-state index in [0.29, 0.717) is 33.9 Å². The summed E-state index contributed by atoms with van der Waals surface area (Å²) in [5.41, 5.74) is 5.27. The Morgan fingerprint density at radius 2 is 1.68 bits per heavy atom. The average molecular weight is 494 g/mol.